The highest BCUT2D eigenvalue weighted by molar-refractivity contribution is 5.94. The van der Waals surface area contributed by atoms with E-state index in [1.807, 2.05) is 42.5 Å². The molecule has 0 spiro atoms. The topological polar surface area (TPSA) is 60.0 Å². The van der Waals surface area contributed by atoms with Crippen LogP contribution in [0.4, 0.5) is 0 Å². The quantitative estimate of drug-likeness (QED) is 0.812. The SMILES string of the molecule is COc1cc(OC)c(CN2CC[C@H](NC(=O)c3ccccc3)C2)c(OC)c1. The molecule has 0 saturated carbocycles. The molecule has 1 saturated heterocycles. The van der Waals surface area contributed by atoms with E-state index in [4.69, 9.17) is 14.2 Å². The van der Waals surface area contributed by atoms with Gasteiger partial charge in [-0.3, -0.25) is 9.69 Å². The summed E-state index contributed by atoms with van der Waals surface area (Å²) < 4.78 is 16.4. The molecule has 1 amide bonds. The van der Waals surface area contributed by atoms with Crippen molar-refractivity contribution in [2.45, 2.75) is 19.0 Å². The lowest BCUT2D eigenvalue weighted by atomic mass is 10.1. The van der Waals surface area contributed by atoms with Crippen molar-refractivity contribution >= 4 is 5.91 Å². The lowest BCUT2D eigenvalue weighted by Crippen LogP contribution is -2.37. The summed E-state index contributed by atoms with van der Waals surface area (Å²) in [5.41, 5.74) is 1.67. The number of nitrogens with one attached hydrogen (secondary N) is 1. The number of nitrogens with zero attached hydrogens (tertiary/aromatic N) is 1. The molecule has 1 aliphatic heterocycles. The molecule has 3 rings (SSSR count). The number of hydrogen-bond donors (Lipinski definition) is 1. The van der Waals surface area contributed by atoms with Crippen LogP contribution in [0.15, 0.2) is 42.5 Å². The molecule has 27 heavy (non-hydrogen) atoms. The van der Waals surface area contributed by atoms with Gasteiger partial charge in [0.25, 0.3) is 5.91 Å². The van der Waals surface area contributed by atoms with Crippen LogP contribution in [-0.2, 0) is 6.54 Å². The van der Waals surface area contributed by atoms with Gasteiger partial charge in [0.05, 0.1) is 26.9 Å². The first-order valence-corrected chi connectivity index (χ1v) is 9.01. The van der Waals surface area contributed by atoms with Gasteiger partial charge in [0.15, 0.2) is 0 Å². The Morgan fingerprint density at radius 1 is 1.07 bits per heavy atom. The fourth-order valence-corrected chi connectivity index (χ4v) is 3.41. The third-order valence-electron chi connectivity index (χ3n) is 4.84. The van der Waals surface area contributed by atoms with Gasteiger partial charge in [0.1, 0.15) is 17.2 Å². The van der Waals surface area contributed by atoms with E-state index in [0.717, 1.165) is 36.6 Å². The Kier molecular flexibility index (Phi) is 6.19. The van der Waals surface area contributed by atoms with Crippen LogP contribution in [0.2, 0.25) is 0 Å². The van der Waals surface area contributed by atoms with Crippen LogP contribution >= 0.6 is 0 Å². The van der Waals surface area contributed by atoms with E-state index < -0.39 is 0 Å². The van der Waals surface area contributed by atoms with Crippen LogP contribution in [0, 0.1) is 0 Å². The Labute approximate surface area is 160 Å². The summed E-state index contributed by atoms with van der Waals surface area (Å²) in [5, 5.41) is 3.12. The van der Waals surface area contributed by atoms with Crippen LogP contribution in [0.1, 0.15) is 22.3 Å². The summed E-state index contributed by atoms with van der Waals surface area (Å²) in [6, 6.07) is 13.2. The molecule has 0 aromatic heterocycles. The van der Waals surface area contributed by atoms with Crippen LogP contribution in [0.5, 0.6) is 17.2 Å². The third kappa shape index (κ3) is 4.52. The van der Waals surface area contributed by atoms with Crippen molar-refractivity contribution in [3.63, 3.8) is 0 Å². The Bertz CT molecular complexity index is 754. The summed E-state index contributed by atoms with van der Waals surface area (Å²) in [6.45, 7) is 2.38. The predicted molar refractivity (Wildman–Crippen MR) is 104 cm³/mol. The molecule has 0 radical (unpaired) electrons. The zero-order chi connectivity index (χ0) is 19.2. The van der Waals surface area contributed by atoms with Gasteiger partial charge in [0.2, 0.25) is 0 Å². The molecule has 1 fully saturated rings. The molecule has 0 unspecified atom stereocenters. The second kappa shape index (κ2) is 8.77. The third-order valence-corrected chi connectivity index (χ3v) is 4.84. The molecule has 0 bridgehead atoms. The minimum atomic E-state index is -0.0259. The van der Waals surface area contributed by atoms with Gasteiger partial charge in [-0.1, -0.05) is 18.2 Å². The number of hydrogen-bond acceptors (Lipinski definition) is 5. The van der Waals surface area contributed by atoms with E-state index >= 15 is 0 Å². The number of methoxy groups -OCH3 is 3. The Morgan fingerprint density at radius 3 is 2.33 bits per heavy atom. The van der Waals surface area contributed by atoms with Gasteiger partial charge in [-0.25, -0.2) is 0 Å². The standard InChI is InChI=1S/C21H26N2O4/c1-25-17-11-19(26-2)18(20(12-17)27-3)14-23-10-9-16(13-23)22-21(24)15-7-5-4-6-8-15/h4-8,11-12,16H,9-10,13-14H2,1-3H3,(H,22,24)/t16-/m0/s1. The number of benzene rings is 2. The van der Waals surface area contributed by atoms with Crippen molar-refractivity contribution in [2.24, 2.45) is 0 Å². The van der Waals surface area contributed by atoms with E-state index in [-0.39, 0.29) is 11.9 Å². The van der Waals surface area contributed by atoms with Gasteiger partial charge in [-0.05, 0) is 18.6 Å². The Balaban J connectivity index is 1.65. The van der Waals surface area contributed by atoms with Crippen molar-refractivity contribution in [3.8, 4) is 17.2 Å². The van der Waals surface area contributed by atoms with Crippen molar-refractivity contribution < 1.29 is 19.0 Å². The zero-order valence-electron chi connectivity index (χ0n) is 16.0. The molecule has 0 aliphatic carbocycles. The molecule has 1 heterocycles. The van der Waals surface area contributed by atoms with Crippen LogP contribution in [0.3, 0.4) is 0 Å². The zero-order valence-corrected chi connectivity index (χ0v) is 16.0. The first kappa shape index (κ1) is 19.0. The monoisotopic (exact) mass is 370 g/mol. The maximum absolute atomic E-state index is 12.4. The fourth-order valence-electron chi connectivity index (χ4n) is 3.41. The van der Waals surface area contributed by atoms with Crippen LogP contribution in [0.25, 0.3) is 0 Å². The smallest absolute Gasteiger partial charge is 0.251 e. The highest BCUT2D eigenvalue weighted by Gasteiger charge is 2.26. The fraction of sp³-hybridized carbons (Fsp3) is 0.381. The average Bonchev–Trinajstić information content (AvgIpc) is 3.15. The lowest BCUT2D eigenvalue weighted by Gasteiger charge is -2.21. The predicted octanol–water partition coefficient (Wildman–Crippen LogP) is 2.72. The molecular formula is C21H26N2O4. The van der Waals surface area contributed by atoms with E-state index in [1.54, 1.807) is 21.3 Å². The normalized spacial score (nSPS) is 16.8. The van der Waals surface area contributed by atoms with Crippen molar-refractivity contribution in [2.75, 3.05) is 34.4 Å². The number of amides is 1. The van der Waals surface area contributed by atoms with Crippen molar-refractivity contribution in [1.82, 2.24) is 10.2 Å². The van der Waals surface area contributed by atoms with Crippen LogP contribution in [-0.4, -0.2) is 51.3 Å². The van der Waals surface area contributed by atoms with E-state index in [0.29, 0.717) is 17.9 Å². The Hall–Kier alpha value is -2.73. The molecule has 1 aliphatic rings. The number of likely N-dealkylation sites (tertiary alicyclic amines) is 1. The Morgan fingerprint density at radius 2 is 1.74 bits per heavy atom. The summed E-state index contributed by atoms with van der Waals surface area (Å²) in [6.07, 6.45) is 0.916. The number of carbonyl (C=O) groups excluding carboxylic acids is 1. The first-order chi connectivity index (χ1) is 13.1. The van der Waals surface area contributed by atoms with E-state index in [9.17, 15) is 4.79 Å². The van der Waals surface area contributed by atoms with Crippen molar-refractivity contribution in [1.29, 1.82) is 0 Å². The minimum Gasteiger partial charge on any atom is -0.496 e. The van der Waals surface area contributed by atoms with Gasteiger partial charge >= 0.3 is 0 Å². The summed E-state index contributed by atoms with van der Waals surface area (Å²) >= 11 is 0. The molecular weight excluding hydrogens is 344 g/mol. The molecule has 144 valence electrons. The largest absolute Gasteiger partial charge is 0.496 e. The molecule has 2 aromatic rings. The molecule has 1 N–H and O–H groups in total. The van der Waals surface area contributed by atoms with Crippen molar-refractivity contribution in [3.05, 3.63) is 53.6 Å². The first-order valence-electron chi connectivity index (χ1n) is 9.01. The number of rotatable bonds is 7. The van der Waals surface area contributed by atoms with Gasteiger partial charge in [-0.2, -0.15) is 0 Å². The second-order valence-electron chi connectivity index (χ2n) is 6.57. The summed E-state index contributed by atoms with van der Waals surface area (Å²) in [5.74, 6) is 2.15. The highest BCUT2D eigenvalue weighted by atomic mass is 16.5. The summed E-state index contributed by atoms with van der Waals surface area (Å²) in [7, 11) is 4.91. The van der Waals surface area contributed by atoms with Gasteiger partial charge in [-0.15, -0.1) is 0 Å². The maximum atomic E-state index is 12.4. The lowest BCUT2D eigenvalue weighted by molar-refractivity contribution is 0.0937. The summed E-state index contributed by atoms with van der Waals surface area (Å²) in [4.78, 5) is 14.6. The average molecular weight is 370 g/mol. The maximum Gasteiger partial charge on any atom is 0.251 e. The molecule has 2 aromatic carbocycles. The number of ether oxygens (including phenoxy) is 3. The minimum absolute atomic E-state index is 0.0259. The number of carbonyl (C=O) groups is 1. The second-order valence-corrected chi connectivity index (χ2v) is 6.57. The van der Waals surface area contributed by atoms with E-state index in [1.165, 1.54) is 0 Å². The molecule has 6 nitrogen and oxygen atoms in total. The van der Waals surface area contributed by atoms with E-state index in [2.05, 4.69) is 10.2 Å². The van der Waals surface area contributed by atoms with Gasteiger partial charge < -0.3 is 19.5 Å². The highest BCUT2D eigenvalue weighted by Crippen LogP contribution is 2.35. The molecule has 6 heteroatoms. The van der Waals surface area contributed by atoms with Crippen LogP contribution < -0.4 is 19.5 Å². The molecule has 1 atom stereocenters. The van der Waals surface area contributed by atoms with Gasteiger partial charge in [0, 0.05) is 43.4 Å².